The molecule has 0 saturated carbocycles. The number of nitrogens with zero attached hydrogens (tertiary/aromatic N) is 2. The number of anilines is 2. The zero-order valence-corrected chi connectivity index (χ0v) is 14.0. The Morgan fingerprint density at radius 3 is 2.57 bits per heavy atom. The highest BCUT2D eigenvalue weighted by atomic mass is 79.9. The number of aryl methyl sites for hydroxylation is 1. The molecule has 0 fully saturated rings. The van der Waals surface area contributed by atoms with E-state index in [9.17, 15) is 8.42 Å². The third-order valence-corrected chi connectivity index (χ3v) is 4.44. The SMILES string of the molecule is CCNc1ccc(S(=O)(=O)Nc2ncc(Br)cc2C)cn1. The lowest BCUT2D eigenvalue weighted by Crippen LogP contribution is -2.15. The quantitative estimate of drug-likeness (QED) is 0.845. The van der Waals surface area contributed by atoms with E-state index in [1.54, 1.807) is 19.1 Å². The average Bonchev–Trinajstić information content (AvgIpc) is 2.43. The standard InChI is InChI=1S/C13H15BrN4O2S/c1-3-15-12-5-4-11(8-16-12)21(19,20)18-13-9(2)6-10(14)7-17-13/h4-8H,3H2,1-2H3,(H,15,16)(H,17,18). The third kappa shape index (κ3) is 3.92. The molecule has 0 aliphatic carbocycles. The summed E-state index contributed by atoms with van der Waals surface area (Å²) in [5.74, 6) is 0.934. The van der Waals surface area contributed by atoms with Gasteiger partial charge in [-0.2, -0.15) is 0 Å². The Labute approximate surface area is 132 Å². The lowest BCUT2D eigenvalue weighted by Gasteiger charge is -2.10. The second-order valence-corrected chi connectivity index (χ2v) is 6.93. The van der Waals surface area contributed by atoms with E-state index in [1.807, 2.05) is 6.92 Å². The Kier molecular flexibility index (Phi) is 4.79. The molecule has 0 spiro atoms. The lowest BCUT2D eigenvalue weighted by atomic mass is 10.3. The molecular weight excluding hydrogens is 356 g/mol. The van der Waals surface area contributed by atoms with Crippen LogP contribution < -0.4 is 10.0 Å². The molecule has 0 amide bonds. The predicted molar refractivity (Wildman–Crippen MR) is 85.9 cm³/mol. The Morgan fingerprint density at radius 1 is 1.24 bits per heavy atom. The number of sulfonamides is 1. The first-order valence-corrected chi connectivity index (χ1v) is 8.55. The molecule has 0 aromatic carbocycles. The van der Waals surface area contributed by atoms with Crippen LogP contribution in [0.2, 0.25) is 0 Å². The number of pyridine rings is 2. The average molecular weight is 371 g/mol. The van der Waals surface area contributed by atoms with Crippen molar-refractivity contribution < 1.29 is 8.42 Å². The second kappa shape index (κ2) is 6.40. The topological polar surface area (TPSA) is 84.0 Å². The Bertz CT molecular complexity index is 732. The summed E-state index contributed by atoms with van der Waals surface area (Å²) in [6.07, 6.45) is 2.85. The van der Waals surface area contributed by atoms with E-state index in [0.29, 0.717) is 11.6 Å². The normalized spacial score (nSPS) is 11.2. The van der Waals surface area contributed by atoms with Gasteiger partial charge in [-0.15, -0.1) is 0 Å². The van der Waals surface area contributed by atoms with Gasteiger partial charge in [0.2, 0.25) is 0 Å². The van der Waals surface area contributed by atoms with E-state index in [0.717, 1.165) is 16.6 Å². The minimum absolute atomic E-state index is 0.0910. The first kappa shape index (κ1) is 15.7. The van der Waals surface area contributed by atoms with Gasteiger partial charge in [0.1, 0.15) is 16.5 Å². The Hall–Kier alpha value is -1.67. The molecule has 0 unspecified atom stereocenters. The fraction of sp³-hybridized carbons (Fsp3) is 0.231. The number of aromatic nitrogens is 2. The highest BCUT2D eigenvalue weighted by Crippen LogP contribution is 2.20. The summed E-state index contributed by atoms with van der Waals surface area (Å²) < 4.78 is 27.8. The molecule has 2 rings (SSSR count). The van der Waals surface area contributed by atoms with Crippen LogP contribution in [-0.4, -0.2) is 24.9 Å². The van der Waals surface area contributed by atoms with E-state index in [-0.39, 0.29) is 4.90 Å². The van der Waals surface area contributed by atoms with Gasteiger partial charge in [0.15, 0.2) is 0 Å². The Morgan fingerprint density at radius 2 is 2.00 bits per heavy atom. The van der Waals surface area contributed by atoms with Gasteiger partial charge in [-0.1, -0.05) is 0 Å². The van der Waals surface area contributed by atoms with Crippen LogP contribution in [0.4, 0.5) is 11.6 Å². The minimum atomic E-state index is -3.70. The van der Waals surface area contributed by atoms with Gasteiger partial charge in [-0.05, 0) is 53.5 Å². The molecule has 21 heavy (non-hydrogen) atoms. The highest BCUT2D eigenvalue weighted by molar-refractivity contribution is 9.10. The van der Waals surface area contributed by atoms with Crippen molar-refractivity contribution in [2.45, 2.75) is 18.7 Å². The van der Waals surface area contributed by atoms with E-state index >= 15 is 0 Å². The molecule has 2 aromatic heterocycles. The van der Waals surface area contributed by atoms with Crippen molar-refractivity contribution in [3.63, 3.8) is 0 Å². The molecular formula is C13H15BrN4O2S. The maximum absolute atomic E-state index is 12.3. The molecule has 6 nitrogen and oxygen atoms in total. The number of hydrogen-bond donors (Lipinski definition) is 2. The highest BCUT2D eigenvalue weighted by Gasteiger charge is 2.16. The van der Waals surface area contributed by atoms with Crippen molar-refractivity contribution in [3.8, 4) is 0 Å². The zero-order valence-electron chi connectivity index (χ0n) is 11.6. The third-order valence-electron chi connectivity index (χ3n) is 2.68. The molecule has 2 N–H and O–H groups in total. The van der Waals surface area contributed by atoms with Gasteiger partial charge in [0, 0.05) is 23.4 Å². The Balaban J connectivity index is 2.25. The molecule has 8 heteroatoms. The summed E-state index contributed by atoms with van der Waals surface area (Å²) >= 11 is 3.29. The molecule has 0 aliphatic heterocycles. The molecule has 0 saturated heterocycles. The van der Waals surface area contributed by atoms with E-state index in [2.05, 4.69) is 35.9 Å². The molecule has 0 radical (unpaired) electrons. The van der Waals surface area contributed by atoms with Crippen molar-refractivity contribution in [3.05, 3.63) is 40.6 Å². The summed E-state index contributed by atoms with van der Waals surface area (Å²) in [6, 6.07) is 4.92. The van der Waals surface area contributed by atoms with E-state index in [4.69, 9.17) is 0 Å². The monoisotopic (exact) mass is 370 g/mol. The first-order valence-electron chi connectivity index (χ1n) is 6.27. The lowest BCUT2D eigenvalue weighted by molar-refractivity contribution is 0.600. The fourth-order valence-corrected chi connectivity index (χ4v) is 3.13. The van der Waals surface area contributed by atoms with Gasteiger partial charge in [-0.3, -0.25) is 4.72 Å². The van der Waals surface area contributed by atoms with Gasteiger partial charge < -0.3 is 5.32 Å². The van der Waals surface area contributed by atoms with Crippen LogP contribution >= 0.6 is 15.9 Å². The summed E-state index contributed by atoms with van der Waals surface area (Å²) in [6.45, 7) is 4.44. The summed E-state index contributed by atoms with van der Waals surface area (Å²) in [7, 11) is -3.70. The largest absolute Gasteiger partial charge is 0.370 e. The van der Waals surface area contributed by atoms with Crippen molar-refractivity contribution in [2.24, 2.45) is 0 Å². The molecule has 0 bridgehead atoms. The van der Waals surface area contributed by atoms with Crippen LogP contribution in [0.3, 0.4) is 0 Å². The first-order chi connectivity index (χ1) is 9.92. The van der Waals surface area contributed by atoms with Crippen LogP contribution in [0.5, 0.6) is 0 Å². The van der Waals surface area contributed by atoms with Crippen molar-refractivity contribution in [1.82, 2.24) is 9.97 Å². The maximum atomic E-state index is 12.3. The summed E-state index contributed by atoms with van der Waals surface area (Å²) in [5, 5.41) is 3.01. The van der Waals surface area contributed by atoms with E-state index < -0.39 is 10.0 Å². The maximum Gasteiger partial charge on any atom is 0.264 e. The van der Waals surface area contributed by atoms with Crippen LogP contribution in [0.15, 0.2) is 40.0 Å². The zero-order chi connectivity index (χ0) is 15.5. The van der Waals surface area contributed by atoms with Crippen LogP contribution in [0.1, 0.15) is 12.5 Å². The molecule has 0 atom stereocenters. The molecule has 2 heterocycles. The van der Waals surface area contributed by atoms with Gasteiger partial charge >= 0.3 is 0 Å². The second-order valence-electron chi connectivity index (χ2n) is 4.33. The molecule has 0 aliphatic rings. The summed E-state index contributed by atoms with van der Waals surface area (Å²) in [5.41, 5.74) is 0.727. The molecule has 2 aromatic rings. The number of halogens is 1. The van der Waals surface area contributed by atoms with Gasteiger partial charge in [0.25, 0.3) is 10.0 Å². The number of hydrogen-bond acceptors (Lipinski definition) is 5. The van der Waals surface area contributed by atoms with Crippen molar-refractivity contribution >= 4 is 37.6 Å². The van der Waals surface area contributed by atoms with Gasteiger partial charge in [0.05, 0.1) is 0 Å². The van der Waals surface area contributed by atoms with Crippen LogP contribution in [0.25, 0.3) is 0 Å². The fourth-order valence-electron chi connectivity index (χ4n) is 1.66. The predicted octanol–water partition coefficient (Wildman–Crippen LogP) is 2.78. The smallest absolute Gasteiger partial charge is 0.264 e. The van der Waals surface area contributed by atoms with Crippen LogP contribution in [0, 0.1) is 6.92 Å². The van der Waals surface area contributed by atoms with E-state index in [1.165, 1.54) is 18.5 Å². The van der Waals surface area contributed by atoms with Gasteiger partial charge in [-0.25, -0.2) is 18.4 Å². The van der Waals surface area contributed by atoms with Crippen LogP contribution in [-0.2, 0) is 10.0 Å². The minimum Gasteiger partial charge on any atom is -0.370 e. The van der Waals surface area contributed by atoms with Crippen molar-refractivity contribution in [2.75, 3.05) is 16.6 Å². The molecule has 112 valence electrons. The summed E-state index contributed by atoms with van der Waals surface area (Å²) in [4.78, 5) is 8.21. The number of rotatable bonds is 5. The number of nitrogens with one attached hydrogen (secondary N) is 2. The van der Waals surface area contributed by atoms with Crippen molar-refractivity contribution in [1.29, 1.82) is 0 Å².